The number of halogens is 1. The lowest BCUT2D eigenvalue weighted by molar-refractivity contribution is -0.139. The molecule has 0 saturated carbocycles. The molecule has 0 aromatic carbocycles. The molecule has 1 aromatic heterocycles. The van der Waals surface area contributed by atoms with Crippen LogP contribution in [0, 0.1) is 0 Å². The summed E-state index contributed by atoms with van der Waals surface area (Å²) in [6.45, 7) is 3.63. The number of likely N-dealkylation sites (tertiary alicyclic amines) is 1. The first-order chi connectivity index (χ1) is 16.4. The summed E-state index contributed by atoms with van der Waals surface area (Å²) in [4.78, 5) is 44.3. The Morgan fingerprint density at radius 1 is 1.35 bits per heavy atom. The predicted molar refractivity (Wildman–Crippen MR) is 130 cm³/mol. The zero-order chi connectivity index (χ0) is 24.1. The van der Waals surface area contributed by atoms with Crippen LogP contribution in [0.3, 0.4) is 0 Å². The molecule has 4 heterocycles. The Balaban J connectivity index is 1.31. The standard InChI is InChI=1S/C23H27ClN4O5S/c1-15(24)13-33-23(31)28-9-17-7-16(8-25-22(17)26-20(29)12-28)4-5-21(30)27-10-18(11-27)32-14-19-3-2-6-34-19/h2,4-8,15,18-19H,3,9-14H2,1H3,(H,25,26,29)/b5-4+. The van der Waals surface area contributed by atoms with Gasteiger partial charge in [0.15, 0.2) is 0 Å². The Morgan fingerprint density at radius 3 is 2.91 bits per heavy atom. The first kappa shape index (κ1) is 24.6. The molecule has 2 unspecified atom stereocenters. The molecule has 0 radical (unpaired) electrons. The molecule has 0 spiro atoms. The molecule has 0 aliphatic carbocycles. The molecule has 34 heavy (non-hydrogen) atoms. The molecular formula is C23H27ClN4O5S. The Labute approximate surface area is 207 Å². The molecule has 1 aromatic rings. The SMILES string of the molecule is CC(Cl)COC(=O)N1CC(=O)Nc2ncc(/C=C/C(=O)N3CC(OCC4CC=CS4)C3)cc2C1. The summed E-state index contributed by atoms with van der Waals surface area (Å²) in [7, 11) is 0. The summed E-state index contributed by atoms with van der Waals surface area (Å²) in [6, 6.07) is 1.79. The minimum Gasteiger partial charge on any atom is -0.448 e. The lowest BCUT2D eigenvalue weighted by Gasteiger charge is -2.38. The van der Waals surface area contributed by atoms with Crippen molar-refractivity contribution >= 4 is 53.2 Å². The van der Waals surface area contributed by atoms with Gasteiger partial charge in [-0.15, -0.1) is 23.4 Å². The normalized spacial score (nSPS) is 21.1. The number of rotatable bonds is 7. The molecule has 1 saturated heterocycles. The Kier molecular flexibility index (Phi) is 8.12. The molecule has 9 nitrogen and oxygen atoms in total. The summed E-state index contributed by atoms with van der Waals surface area (Å²) in [6.07, 6.45) is 7.40. The van der Waals surface area contributed by atoms with Crippen LogP contribution in [0.4, 0.5) is 10.6 Å². The smallest absolute Gasteiger partial charge is 0.410 e. The van der Waals surface area contributed by atoms with E-state index in [0.29, 0.717) is 41.9 Å². The van der Waals surface area contributed by atoms with Crippen LogP contribution in [0.1, 0.15) is 24.5 Å². The van der Waals surface area contributed by atoms with Crippen molar-refractivity contribution in [3.05, 3.63) is 41.0 Å². The van der Waals surface area contributed by atoms with Crippen molar-refractivity contribution in [1.29, 1.82) is 0 Å². The van der Waals surface area contributed by atoms with Crippen LogP contribution < -0.4 is 5.32 Å². The monoisotopic (exact) mass is 506 g/mol. The Hall–Kier alpha value is -2.56. The number of carbonyl (C=O) groups is 3. The molecular weight excluding hydrogens is 480 g/mol. The fourth-order valence-electron chi connectivity index (χ4n) is 3.64. The fourth-order valence-corrected chi connectivity index (χ4v) is 4.53. The van der Waals surface area contributed by atoms with Gasteiger partial charge in [0.1, 0.15) is 19.0 Å². The Morgan fingerprint density at radius 2 is 2.18 bits per heavy atom. The number of alkyl halides is 1. The molecule has 1 fully saturated rings. The maximum Gasteiger partial charge on any atom is 0.410 e. The summed E-state index contributed by atoms with van der Waals surface area (Å²) in [5.74, 6) is -0.0776. The van der Waals surface area contributed by atoms with Crippen molar-refractivity contribution in [2.24, 2.45) is 0 Å². The quantitative estimate of drug-likeness (QED) is 0.448. The van der Waals surface area contributed by atoms with Gasteiger partial charge in [-0.1, -0.05) is 6.08 Å². The van der Waals surface area contributed by atoms with E-state index in [1.807, 2.05) is 0 Å². The summed E-state index contributed by atoms with van der Waals surface area (Å²) in [5.41, 5.74) is 1.33. The van der Waals surface area contributed by atoms with E-state index in [9.17, 15) is 14.4 Å². The van der Waals surface area contributed by atoms with Crippen molar-refractivity contribution in [1.82, 2.24) is 14.8 Å². The van der Waals surface area contributed by atoms with E-state index < -0.39 is 6.09 Å². The highest BCUT2D eigenvalue weighted by Crippen LogP contribution is 2.25. The summed E-state index contributed by atoms with van der Waals surface area (Å²) >= 11 is 7.63. The van der Waals surface area contributed by atoms with E-state index in [0.717, 1.165) is 6.42 Å². The number of pyridine rings is 1. The van der Waals surface area contributed by atoms with Crippen molar-refractivity contribution in [2.75, 3.05) is 38.2 Å². The number of nitrogens with one attached hydrogen (secondary N) is 1. The third-order valence-electron chi connectivity index (χ3n) is 5.50. The first-order valence-electron chi connectivity index (χ1n) is 11.1. The van der Waals surface area contributed by atoms with Crippen LogP contribution in [0.5, 0.6) is 0 Å². The lowest BCUT2D eigenvalue weighted by Crippen LogP contribution is -2.54. The number of allylic oxidation sites excluding steroid dienone is 1. The van der Waals surface area contributed by atoms with Gasteiger partial charge in [-0.25, -0.2) is 9.78 Å². The van der Waals surface area contributed by atoms with Crippen LogP contribution in [-0.4, -0.2) is 82.3 Å². The van der Waals surface area contributed by atoms with Crippen LogP contribution in [0.25, 0.3) is 6.08 Å². The Bertz CT molecular complexity index is 988. The predicted octanol–water partition coefficient (Wildman–Crippen LogP) is 2.86. The maximum absolute atomic E-state index is 12.5. The highest BCUT2D eigenvalue weighted by molar-refractivity contribution is 8.03. The molecule has 11 heteroatoms. The van der Waals surface area contributed by atoms with Crippen molar-refractivity contribution in [3.63, 3.8) is 0 Å². The number of ether oxygens (including phenoxy) is 2. The van der Waals surface area contributed by atoms with Crippen molar-refractivity contribution in [3.8, 4) is 0 Å². The molecule has 4 rings (SSSR count). The van der Waals surface area contributed by atoms with Gasteiger partial charge in [-0.3, -0.25) is 14.5 Å². The molecule has 3 amide bonds. The number of anilines is 1. The van der Waals surface area contributed by atoms with Crippen LogP contribution in [-0.2, 0) is 25.6 Å². The van der Waals surface area contributed by atoms with E-state index in [4.69, 9.17) is 21.1 Å². The van der Waals surface area contributed by atoms with E-state index >= 15 is 0 Å². The van der Waals surface area contributed by atoms with Crippen LogP contribution >= 0.6 is 23.4 Å². The van der Waals surface area contributed by atoms with Crippen molar-refractivity contribution in [2.45, 2.75) is 36.6 Å². The molecule has 3 aliphatic rings. The van der Waals surface area contributed by atoms with Crippen LogP contribution in [0.2, 0.25) is 0 Å². The maximum atomic E-state index is 12.5. The third kappa shape index (κ3) is 6.52. The van der Waals surface area contributed by atoms with Gasteiger partial charge in [-0.2, -0.15) is 0 Å². The zero-order valence-electron chi connectivity index (χ0n) is 18.8. The van der Waals surface area contributed by atoms with Gasteiger partial charge in [0.05, 0.1) is 24.6 Å². The summed E-state index contributed by atoms with van der Waals surface area (Å²) < 4.78 is 11.0. The minimum atomic E-state index is -0.621. The van der Waals surface area contributed by atoms with Crippen molar-refractivity contribution < 1.29 is 23.9 Å². The number of hydrogen-bond acceptors (Lipinski definition) is 7. The fraction of sp³-hybridized carbons (Fsp3) is 0.478. The topological polar surface area (TPSA) is 101 Å². The number of nitrogens with zero attached hydrogens (tertiary/aromatic N) is 3. The number of fused-ring (bicyclic) bond motifs is 1. The molecule has 1 N–H and O–H groups in total. The average Bonchev–Trinajstić information content (AvgIpc) is 3.23. The second kappa shape index (κ2) is 11.2. The van der Waals surface area contributed by atoms with E-state index in [-0.39, 0.29) is 43.0 Å². The van der Waals surface area contributed by atoms with Gasteiger partial charge < -0.3 is 19.7 Å². The minimum absolute atomic E-state index is 0.0493. The second-order valence-electron chi connectivity index (χ2n) is 8.44. The highest BCUT2D eigenvalue weighted by Gasteiger charge is 2.31. The van der Waals surface area contributed by atoms with Gasteiger partial charge in [0, 0.05) is 36.2 Å². The van der Waals surface area contributed by atoms with Gasteiger partial charge >= 0.3 is 6.09 Å². The average molecular weight is 507 g/mol. The van der Waals surface area contributed by atoms with Gasteiger partial charge in [0.2, 0.25) is 11.8 Å². The number of carbonyl (C=O) groups excluding carboxylic acids is 3. The van der Waals surface area contributed by atoms with Gasteiger partial charge in [-0.05, 0) is 36.5 Å². The van der Waals surface area contributed by atoms with Gasteiger partial charge in [0.25, 0.3) is 0 Å². The first-order valence-corrected chi connectivity index (χ1v) is 12.5. The number of aromatic nitrogens is 1. The van der Waals surface area contributed by atoms with E-state index in [2.05, 4.69) is 21.8 Å². The van der Waals surface area contributed by atoms with E-state index in [1.54, 1.807) is 41.9 Å². The molecule has 2 atom stereocenters. The number of hydrogen-bond donors (Lipinski definition) is 1. The van der Waals surface area contributed by atoms with Crippen LogP contribution in [0.15, 0.2) is 29.8 Å². The highest BCUT2D eigenvalue weighted by atomic mass is 35.5. The third-order valence-corrected chi connectivity index (χ3v) is 6.69. The largest absolute Gasteiger partial charge is 0.448 e. The number of amides is 3. The zero-order valence-corrected chi connectivity index (χ0v) is 20.4. The summed E-state index contributed by atoms with van der Waals surface area (Å²) in [5, 5.41) is 4.95. The molecule has 3 aliphatic heterocycles. The molecule has 182 valence electrons. The number of thioether (sulfide) groups is 1. The van der Waals surface area contributed by atoms with E-state index in [1.165, 1.54) is 11.0 Å². The lowest BCUT2D eigenvalue weighted by atomic mass is 10.1. The molecule has 0 bridgehead atoms. The second-order valence-corrected chi connectivity index (χ2v) is 10.4.